The maximum Gasteiger partial charge on any atom is 0.285 e. The van der Waals surface area contributed by atoms with E-state index in [0.29, 0.717) is 24.5 Å². The number of hydrogen-bond acceptors (Lipinski definition) is 5. The minimum atomic E-state index is -0.445. The number of hydrogen-bond donors (Lipinski definition) is 3. The lowest BCUT2D eigenvalue weighted by Crippen LogP contribution is -2.26. The number of rotatable bonds is 5. The third kappa shape index (κ3) is 3.93. The predicted molar refractivity (Wildman–Crippen MR) is 91.2 cm³/mol. The van der Waals surface area contributed by atoms with Crippen LogP contribution < -0.4 is 16.2 Å². The number of nitrogens with one attached hydrogen (secondary N) is 3. The molecule has 1 atom stereocenters. The van der Waals surface area contributed by atoms with E-state index in [1.54, 1.807) is 0 Å². The van der Waals surface area contributed by atoms with Crippen LogP contribution in [0.3, 0.4) is 0 Å². The Labute approximate surface area is 143 Å². The summed E-state index contributed by atoms with van der Waals surface area (Å²) in [5.41, 5.74) is 1.63. The average Bonchev–Trinajstić information content (AvgIpc) is 3.11. The Bertz CT molecular complexity index is 787. The second-order valence-corrected chi connectivity index (χ2v) is 5.85. The highest BCUT2D eigenvalue weighted by Gasteiger charge is 2.23. The normalized spacial score (nSPS) is 16.8. The molecule has 0 unspecified atom stereocenters. The molecule has 0 bridgehead atoms. The van der Waals surface area contributed by atoms with Gasteiger partial charge in [0.25, 0.3) is 11.5 Å². The van der Waals surface area contributed by atoms with Crippen molar-refractivity contribution in [2.24, 2.45) is 0 Å². The quantitative estimate of drug-likeness (QED) is 0.769. The molecular formula is C16H17ClN4O3. The Morgan fingerprint density at radius 3 is 3.12 bits per heavy atom. The van der Waals surface area contributed by atoms with Crippen LogP contribution in [-0.2, 0) is 16.1 Å². The number of carbonyl (C=O) groups is 1. The molecule has 1 amide bonds. The summed E-state index contributed by atoms with van der Waals surface area (Å²) in [4.78, 5) is 23.5. The summed E-state index contributed by atoms with van der Waals surface area (Å²) in [5, 5.41) is 11.9. The zero-order valence-electron chi connectivity index (χ0n) is 12.8. The molecule has 2 aromatic rings. The number of halogens is 1. The topological polar surface area (TPSA) is 96.1 Å². The molecule has 1 aliphatic rings. The van der Waals surface area contributed by atoms with Crippen molar-refractivity contribution in [3.8, 4) is 0 Å². The minimum absolute atomic E-state index is 0.0628. The number of aromatic nitrogens is 2. The first-order valence-electron chi connectivity index (χ1n) is 7.62. The van der Waals surface area contributed by atoms with E-state index >= 15 is 0 Å². The van der Waals surface area contributed by atoms with Crippen LogP contribution in [0.25, 0.3) is 0 Å². The van der Waals surface area contributed by atoms with Crippen LogP contribution in [-0.4, -0.2) is 28.8 Å². The smallest absolute Gasteiger partial charge is 0.285 e. The first-order chi connectivity index (χ1) is 11.6. The second kappa shape index (κ2) is 7.46. The monoisotopic (exact) mass is 348 g/mol. The van der Waals surface area contributed by atoms with Crippen molar-refractivity contribution in [3.05, 3.63) is 51.4 Å². The average molecular weight is 349 g/mol. The summed E-state index contributed by atoms with van der Waals surface area (Å²) in [6, 6.07) is 7.43. The van der Waals surface area contributed by atoms with Gasteiger partial charge in [0.15, 0.2) is 0 Å². The molecule has 0 spiro atoms. The summed E-state index contributed by atoms with van der Waals surface area (Å²) < 4.78 is 5.37. The maximum absolute atomic E-state index is 12.1. The van der Waals surface area contributed by atoms with Crippen molar-refractivity contribution >= 4 is 28.9 Å². The van der Waals surface area contributed by atoms with Gasteiger partial charge >= 0.3 is 0 Å². The van der Waals surface area contributed by atoms with E-state index in [9.17, 15) is 9.59 Å². The Balaban J connectivity index is 1.63. The molecule has 1 fully saturated rings. The fourth-order valence-corrected chi connectivity index (χ4v) is 2.63. The Morgan fingerprint density at radius 1 is 1.46 bits per heavy atom. The highest BCUT2D eigenvalue weighted by molar-refractivity contribution is 6.32. The zero-order chi connectivity index (χ0) is 16.9. The lowest BCUT2D eigenvalue weighted by molar-refractivity contribution is -0.124. The number of nitrogens with zero attached hydrogens (tertiary/aromatic N) is 1. The first kappa shape index (κ1) is 16.5. The molecule has 8 heteroatoms. The SMILES string of the molecule is O=C(Nc1cccc(CNc2cn[nH]c(=O)c2Cl)c1)[C@H]1CCCO1. The Morgan fingerprint density at radius 2 is 2.33 bits per heavy atom. The zero-order valence-corrected chi connectivity index (χ0v) is 13.6. The van der Waals surface area contributed by atoms with Crippen molar-refractivity contribution in [1.82, 2.24) is 10.2 Å². The lowest BCUT2D eigenvalue weighted by Gasteiger charge is -2.12. The van der Waals surface area contributed by atoms with Gasteiger partial charge in [0.2, 0.25) is 0 Å². The largest absolute Gasteiger partial charge is 0.378 e. The fourth-order valence-electron chi connectivity index (χ4n) is 2.47. The van der Waals surface area contributed by atoms with Crippen LogP contribution in [0.2, 0.25) is 5.02 Å². The molecule has 1 saturated heterocycles. The molecule has 2 heterocycles. The van der Waals surface area contributed by atoms with Gasteiger partial charge in [-0.05, 0) is 30.5 Å². The number of anilines is 2. The molecule has 0 aliphatic carbocycles. The van der Waals surface area contributed by atoms with Gasteiger partial charge in [-0.15, -0.1) is 0 Å². The van der Waals surface area contributed by atoms with E-state index < -0.39 is 5.56 Å². The summed E-state index contributed by atoms with van der Waals surface area (Å²) >= 11 is 5.92. The van der Waals surface area contributed by atoms with Gasteiger partial charge in [-0.2, -0.15) is 5.10 Å². The van der Waals surface area contributed by atoms with Crippen molar-refractivity contribution in [2.45, 2.75) is 25.5 Å². The number of carbonyl (C=O) groups excluding carboxylic acids is 1. The van der Waals surface area contributed by atoms with Crippen molar-refractivity contribution in [2.75, 3.05) is 17.2 Å². The second-order valence-electron chi connectivity index (χ2n) is 5.47. The van der Waals surface area contributed by atoms with Crippen LogP contribution >= 0.6 is 11.6 Å². The Kier molecular flexibility index (Phi) is 5.12. The van der Waals surface area contributed by atoms with Gasteiger partial charge in [-0.25, -0.2) is 5.10 Å². The van der Waals surface area contributed by atoms with E-state index in [0.717, 1.165) is 18.4 Å². The third-order valence-corrected chi connectivity index (χ3v) is 4.07. The van der Waals surface area contributed by atoms with E-state index in [4.69, 9.17) is 16.3 Å². The molecule has 1 aromatic carbocycles. The maximum atomic E-state index is 12.1. The number of amides is 1. The predicted octanol–water partition coefficient (Wildman–Crippen LogP) is 2.15. The van der Waals surface area contributed by atoms with Crippen molar-refractivity contribution in [3.63, 3.8) is 0 Å². The highest BCUT2D eigenvalue weighted by atomic mass is 35.5. The van der Waals surface area contributed by atoms with E-state index in [1.807, 2.05) is 24.3 Å². The standard InChI is InChI=1S/C16H17ClN4O3/c17-14-12(9-19-21-16(14)23)18-8-10-3-1-4-11(7-10)20-15(22)13-5-2-6-24-13/h1,3-4,7,9,13H,2,5-6,8H2,(H,20,22)(H2,18,21,23)/t13-/m1/s1. The van der Waals surface area contributed by atoms with Gasteiger partial charge < -0.3 is 15.4 Å². The Hall–Kier alpha value is -2.38. The third-order valence-electron chi connectivity index (χ3n) is 3.70. The number of aromatic amines is 1. The number of benzene rings is 1. The summed E-state index contributed by atoms with van der Waals surface area (Å²) in [6.07, 6.45) is 2.74. The van der Waals surface area contributed by atoms with E-state index in [-0.39, 0.29) is 17.0 Å². The fraction of sp³-hybridized carbons (Fsp3) is 0.312. The van der Waals surface area contributed by atoms with Gasteiger partial charge in [0, 0.05) is 18.8 Å². The molecule has 1 aliphatic heterocycles. The molecular weight excluding hydrogens is 332 g/mol. The molecule has 1 aromatic heterocycles. The van der Waals surface area contributed by atoms with Crippen LogP contribution in [0.4, 0.5) is 11.4 Å². The summed E-state index contributed by atoms with van der Waals surface area (Å²) in [5.74, 6) is -0.126. The number of H-pyrrole nitrogens is 1. The van der Waals surface area contributed by atoms with Gasteiger partial charge in [0.05, 0.1) is 11.9 Å². The molecule has 0 saturated carbocycles. The van der Waals surface area contributed by atoms with Crippen LogP contribution in [0.5, 0.6) is 0 Å². The molecule has 7 nitrogen and oxygen atoms in total. The van der Waals surface area contributed by atoms with Crippen molar-refractivity contribution in [1.29, 1.82) is 0 Å². The first-order valence-corrected chi connectivity index (χ1v) is 8.00. The minimum Gasteiger partial charge on any atom is -0.378 e. The van der Waals surface area contributed by atoms with Gasteiger partial charge in [-0.3, -0.25) is 9.59 Å². The van der Waals surface area contributed by atoms with Crippen LogP contribution in [0, 0.1) is 0 Å². The van der Waals surface area contributed by atoms with Gasteiger partial charge in [0.1, 0.15) is 11.1 Å². The molecule has 3 rings (SSSR count). The summed E-state index contributed by atoms with van der Waals surface area (Å²) in [6.45, 7) is 1.07. The summed E-state index contributed by atoms with van der Waals surface area (Å²) in [7, 11) is 0. The molecule has 0 radical (unpaired) electrons. The lowest BCUT2D eigenvalue weighted by atomic mass is 10.2. The van der Waals surface area contributed by atoms with E-state index in [2.05, 4.69) is 20.8 Å². The number of ether oxygens (including phenoxy) is 1. The molecule has 3 N–H and O–H groups in total. The van der Waals surface area contributed by atoms with Gasteiger partial charge in [-0.1, -0.05) is 23.7 Å². The van der Waals surface area contributed by atoms with Crippen molar-refractivity contribution < 1.29 is 9.53 Å². The van der Waals surface area contributed by atoms with Crippen LogP contribution in [0.1, 0.15) is 18.4 Å². The van der Waals surface area contributed by atoms with Crippen LogP contribution in [0.15, 0.2) is 35.3 Å². The molecule has 126 valence electrons. The molecule has 24 heavy (non-hydrogen) atoms. The highest BCUT2D eigenvalue weighted by Crippen LogP contribution is 2.18. The van der Waals surface area contributed by atoms with E-state index in [1.165, 1.54) is 6.20 Å².